The Hall–Kier alpha value is -1.68. The lowest BCUT2D eigenvalue weighted by Gasteiger charge is -2.05. The molecule has 0 saturated heterocycles. The van der Waals surface area contributed by atoms with Crippen LogP contribution in [0.1, 0.15) is 6.92 Å². The molecule has 0 N–H and O–H groups in total. The summed E-state index contributed by atoms with van der Waals surface area (Å²) in [6, 6.07) is 6.94. The fourth-order valence-electron chi connectivity index (χ4n) is 2.13. The molecule has 4 heteroatoms. The van der Waals surface area contributed by atoms with E-state index in [-0.39, 0.29) is 5.82 Å². The van der Waals surface area contributed by atoms with Gasteiger partial charge >= 0.3 is 0 Å². The Bertz CT molecular complexity index is 655. The van der Waals surface area contributed by atoms with Crippen molar-refractivity contribution in [2.24, 2.45) is 0 Å². The average Bonchev–Trinajstić information content (AvgIpc) is 2.94. The first-order valence-corrected chi connectivity index (χ1v) is 6.35. The van der Waals surface area contributed by atoms with Crippen LogP contribution in [0.25, 0.3) is 21.5 Å². The van der Waals surface area contributed by atoms with Crippen LogP contribution in [0.2, 0.25) is 0 Å². The zero-order valence-corrected chi connectivity index (χ0v) is 10.2. The maximum atomic E-state index is 13.2. The summed E-state index contributed by atoms with van der Waals surface area (Å²) in [5.74, 6) is -0.193. The summed E-state index contributed by atoms with van der Waals surface area (Å²) >= 11 is 1.60. The molecular weight excluding hydrogens is 235 g/mol. The Balaban J connectivity index is 2.31. The second-order valence-electron chi connectivity index (χ2n) is 3.84. The molecule has 2 heterocycles. The van der Waals surface area contributed by atoms with Crippen LogP contribution in [-0.2, 0) is 6.54 Å². The summed E-state index contributed by atoms with van der Waals surface area (Å²) in [6.45, 7) is 2.95. The Morgan fingerprint density at radius 2 is 2.24 bits per heavy atom. The number of hydrogen-bond donors (Lipinski definition) is 0. The molecule has 2 aromatic heterocycles. The van der Waals surface area contributed by atoms with Gasteiger partial charge in [0, 0.05) is 23.6 Å². The lowest BCUT2D eigenvalue weighted by atomic mass is 10.2. The van der Waals surface area contributed by atoms with Crippen molar-refractivity contribution in [1.29, 1.82) is 0 Å². The molecule has 1 aromatic carbocycles. The molecule has 3 rings (SSSR count). The van der Waals surface area contributed by atoms with Gasteiger partial charge in [0.15, 0.2) is 0 Å². The lowest BCUT2D eigenvalue weighted by Crippen LogP contribution is -1.95. The smallest absolute Gasteiger partial charge is 0.123 e. The maximum absolute atomic E-state index is 13.2. The van der Waals surface area contributed by atoms with E-state index in [4.69, 9.17) is 0 Å². The van der Waals surface area contributed by atoms with E-state index in [9.17, 15) is 4.39 Å². The van der Waals surface area contributed by atoms with Crippen molar-refractivity contribution in [3.05, 3.63) is 41.8 Å². The average molecular weight is 246 g/mol. The highest BCUT2D eigenvalue weighted by atomic mass is 32.1. The molecule has 0 bridgehead atoms. The van der Waals surface area contributed by atoms with E-state index >= 15 is 0 Å². The van der Waals surface area contributed by atoms with E-state index in [2.05, 4.69) is 16.5 Å². The molecule has 0 unspecified atom stereocenters. The largest absolute Gasteiger partial charge is 0.340 e. The monoisotopic (exact) mass is 246 g/mol. The van der Waals surface area contributed by atoms with Crippen molar-refractivity contribution in [3.63, 3.8) is 0 Å². The molecule has 0 fully saturated rings. The standard InChI is InChI=1S/C13H11FN2S/c1-2-16-11-4-3-10(14)5-9(11)6-12(16)13-7-15-8-17-13/h3-8H,2H2,1H3. The number of hydrogen-bond acceptors (Lipinski definition) is 2. The minimum atomic E-state index is -0.193. The Labute approximate surface area is 102 Å². The van der Waals surface area contributed by atoms with Crippen molar-refractivity contribution < 1.29 is 4.39 Å². The molecule has 3 aromatic rings. The van der Waals surface area contributed by atoms with Gasteiger partial charge in [-0.2, -0.15) is 0 Å². The molecule has 17 heavy (non-hydrogen) atoms. The van der Waals surface area contributed by atoms with Crippen LogP contribution < -0.4 is 0 Å². The maximum Gasteiger partial charge on any atom is 0.123 e. The SMILES string of the molecule is CCn1c(-c2cncs2)cc2cc(F)ccc21. The van der Waals surface area contributed by atoms with Crippen LogP contribution in [0.3, 0.4) is 0 Å². The van der Waals surface area contributed by atoms with Crippen LogP contribution in [-0.4, -0.2) is 9.55 Å². The van der Waals surface area contributed by atoms with Crippen LogP contribution in [0.15, 0.2) is 36.0 Å². The van der Waals surface area contributed by atoms with Crippen molar-refractivity contribution in [2.45, 2.75) is 13.5 Å². The van der Waals surface area contributed by atoms with Crippen molar-refractivity contribution >= 4 is 22.2 Å². The van der Waals surface area contributed by atoms with Crippen LogP contribution in [0.4, 0.5) is 4.39 Å². The molecule has 0 atom stereocenters. The van der Waals surface area contributed by atoms with Crippen LogP contribution in [0, 0.1) is 5.82 Å². The summed E-state index contributed by atoms with van der Waals surface area (Å²) in [5, 5.41) is 0.940. The number of fused-ring (bicyclic) bond motifs is 1. The van der Waals surface area contributed by atoms with Gasteiger partial charge in [0.25, 0.3) is 0 Å². The summed E-state index contributed by atoms with van der Waals surface area (Å²) in [4.78, 5) is 5.21. The van der Waals surface area contributed by atoms with E-state index in [0.29, 0.717) is 0 Å². The molecular formula is C13H11FN2S. The summed E-state index contributed by atoms with van der Waals surface area (Å²) < 4.78 is 15.4. The van der Waals surface area contributed by atoms with Gasteiger partial charge in [-0.05, 0) is 31.2 Å². The van der Waals surface area contributed by atoms with Crippen molar-refractivity contribution in [2.75, 3.05) is 0 Å². The molecule has 0 saturated carbocycles. The van der Waals surface area contributed by atoms with Gasteiger partial charge in [0.1, 0.15) is 5.82 Å². The second-order valence-corrected chi connectivity index (χ2v) is 4.73. The minimum Gasteiger partial charge on any atom is -0.340 e. The molecule has 0 aliphatic rings. The molecule has 86 valence electrons. The molecule has 0 radical (unpaired) electrons. The zero-order chi connectivity index (χ0) is 11.8. The highest BCUT2D eigenvalue weighted by molar-refractivity contribution is 7.13. The number of benzene rings is 1. The fourth-order valence-corrected chi connectivity index (χ4v) is 2.78. The number of aromatic nitrogens is 2. The van der Waals surface area contributed by atoms with E-state index < -0.39 is 0 Å². The van der Waals surface area contributed by atoms with Gasteiger partial charge < -0.3 is 4.57 Å². The van der Waals surface area contributed by atoms with Gasteiger partial charge in [-0.3, -0.25) is 4.98 Å². The lowest BCUT2D eigenvalue weighted by molar-refractivity contribution is 0.629. The highest BCUT2D eigenvalue weighted by Crippen LogP contribution is 2.30. The molecule has 0 aliphatic heterocycles. The van der Waals surface area contributed by atoms with Crippen molar-refractivity contribution in [1.82, 2.24) is 9.55 Å². The number of thiazole rings is 1. The van der Waals surface area contributed by atoms with Crippen LogP contribution >= 0.6 is 11.3 Å². The predicted molar refractivity (Wildman–Crippen MR) is 68.7 cm³/mol. The van der Waals surface area contributed by atoms with Gasteiger partial charge in [-0.1, -0.05) is 0 Å². The minimum absolute atomic E-state index is 0.193. The topological polar surface area (TPSA) is 17.8 Å². The number of halogens is 1. The zero-order valence-electron chi connectivity index (χ0n) is 9.35. The first kappa shape index (κ1) is 10.5. The second kappa shape index (κ2) is 3.96. The summed E-state index contributed by atoms with van der Waals surface area (Å²) in [7, 11) is 0. The number of aryl methyl sites for hydroxylation is 1. The molecule has 2 nitrogen and oxygen atoms in total. The highest BCUT2D eigenvalue weighted by Gasteiger charge is 2.10. The Morgan fingerprint density at radius 3 is 2.94 bits per heavy atom. The molecule has 0 amide bonds. The van der Waals surface area contributed by atoms with E-state index in [1.54, 1.807) is 17.4 Å². The van der Waals surface area contributed by atoms with Gasteiger partial charge in [0.05, 0.1) is 16.1 Å². The summed E-state index contributed by atoms with van der Waals surface area (Å²) in [5.41, 5.74) is 3.99. The first-order chi connectivity index (χ1) is 8.29. The predicted octanol–water partition coefficient (Wildman–Crippen LogP) is 3.92. The first-order valence-electron chi connectivity index (χ1n) is 5.47. The quantitative estimate of drug-likeness (QED) is 0.670. The third-order valence-corrected chi connectivity index (χ3v) is 3.66. The third-order valence-electron chi connectivity index (χ3n) is 2.86. The third kappa shape index (κ3) is 1.65. The Morgan fingerprint density at radius 1 is 1.35 bits per heavy atom. The van der Waals surface area contributed by atoms with Crippen LogP contribution in [0.5, 0.6) is 0 Å². The van der Waals surface area contributed by atoms with Gasteiger partial charge in [0.2, 0.25) is 0 Å². The van der Waals surface area contributed by atoms with Gasteiger partial charge in [-0.15, -0.1) is 11.3 Å². The van der Waals surface area contributed by atoms with E-state index in [0.717, 1.165) is 28.0 Å². The molecule has 0 spiro atoms. The Kier molecular flexibility index (Phi) is 2.44. The molecule has 0 aliphatic carbocycles. The van der Waals surface area contributed by atoms with E-state index in [1.165, 1.54) is 6.07 Å². The number of rotatable bonds is 2. The van der Waals surface area contributed by atoms with E-state index in [1.807, 2.05) is 23.8 Å². The number of nitrogens with zero attached hydrogens (tertiary/aromatic N) is 2. The van der Waals surface area contributed by atoms with Crippen molar-refractivity contribution in [3.8, 4) is 10.6 Å². The normalized spacial score (nSPS) is 11.2. The fraction of sp³-hybridized carbons (Fsp3) is 0.154. The summed E-state index contributed by atoms with van der Waals surface area (Å²) in [6.07, 6.45) is 1.85. The van der Waals surface area contributed by atoms with Gasteiger partial charge in [-0.25, -0.2) is 4.39 Å².